The number of ether oxygens (including phenoxy) is 5. The van der Waals surface area contributed by atoms with Gasteiger partial charge in [-0.05, 0) is 44.0 Å². The van der Waals surface area contributed by atoms with Crippen molar-refractivity contribution in [3.8, 4) is 23.0 Å². The van der Waals surface area contributed by atoms with E-state index < -0.39 is 36.1 Å². The molecule has 10 heteroatoms. The number of amides is 1. The van der Waals surface area contributed by atoms with Crippen LogP contribution in [0.1, 0.15) is 45.1 Å². The summed E-state index contributed by atoms with van der Waals surface area (Å²) in [5, 5.41) is 2.53. The SMILES string of the molecule is COc1ccc(O[C@@H](C)[C@H](OC(=O)[C@H](C)NC(=O)c2nccc(OC)c2OC(C)=O)C(C)C)cc1. The molecule has 1 N–H and O–H groups in total. The standard InChI is InChI=1S/C25H32N2O8/c1-14(2)22(16(4)33-19-10-8-18(31-6)9-11-19)35-25(30)15(3)27-24(29)21-23(34-17(5)28)20(32-7)12-13-26-21/h8-16,22H,1-7H3,(H,27,29)/t15-,16-,22+/m0/s1. The van der Waals surface area contributed by atoms with Crippen LogP contribution in [-0.2, 0) is 14.3 Å². The van der Waals surface area contributed by atoms with Crippen molar-refractivity contribution in [2.24, 2.45) is 5.92 Å². The molecule has 1 aromatic carbocycles. The monoisotopic (exact) mass is 488 g/mol. The van der Waals surface area contributed by atoms with Gasteiger partial charge in [0.05, 0.1) is 14.2 Å². The lowest BCUT2D eigenvalue weighted by molar-refractivity contribution is -0.158. The summed E-state index contributed by atoms with van der Waals surface area (Å²) in [4.78, 5) is 41.1. The minimum Gasteiger partial charge on any atom is -0.497 e. The maximum absolute atomic E-state index is 12.8. The number of esters is 2. The summed E-state index contributed by atoms with van der Waals surface area (Å²) < 4.78 is 27.0. The van der Waals surface area contributed by atoms with Crippen molar-refractivity contribution in [2.45, 2.75) is 52.9 Å². The number of aromatic nitrogens is 1. The van der Waals surface area contributed by atoms with Crippen molar-refractivity contribution in [3.05, 3.63) is 42.2 Å². The van der Waals surface area contributed by atoms with Crippen LogP contribution < -0.4 is 24.3 Å². The Hall–Kier alpha value is -3.82. The van der Waals surface area contributed by atoms with Crippen LogP contribution >= 0.6 is 0 Å². The number of benzene rings is 1. The van der Waals surface area contributed by atoms with Crippen molar-refractivity contribution in [3.63, 3.8) is 0 Å². The molecule has 0 saturated heterocycles. The van der Waals surface area contributed by atoms with Crippen molar-refractivity contribution in [1.82, 2.24) is 10.3 Å². The molecule has 0 aliphatic rings. The molecule has 190 valence electrons. The number of hydrogen-bond acceptors (Lipinski definition) is 9. The van der Waals surface area contributed by atoms with E-state index in [0.29, 0.717) is 11.5 Å². The summed E-state index contributed by atoms with van der Waals surface area (Å²) >= 11 is 0. The highest BCUT2D eigenvalue weighted by Gasteiger charge is 2.30. The highest BCUT2D eigenvalue weighted by Crippen LogP contribution is 2.29. The second-order valence-electron chi connectivity index (χ2n) is 8.12. The Morgan fingerprint density at radius 3 is 2.09 bits per heavy atom. The number of carbonyl (C=O) groups is 3. The number of methoxy groups -OCH3 is 2. The molecule has 1 heterocycles. The highest BCUT2D eigenvalue weighted by molar-refractivity contribution is 5.98. The Bertz CT molecular complexity index is 1020. The van der Waals surface area contributed by atoms with E-state index in [0.717, 1.165) is 0 Å². The van der Waals surface area contributed by atoms with Gasteiger partial charge in [0, 0.05) is 19.2 Å². The number of hydrogen-bond donors (Lipinski definition) is 1. The molecule has 0 radical (unpaired) electrons. The Morgan fingerprint density at radius 1 is 0.914 bits per heavy atom. The minimum absolute atomic E-state index is 0.0641. The molecule has 0 aliphatic heterocycles. The molecule has 1 amide bonds. The summed E-state index contributed by atoms with van der Waals surface area (Å²) in [7, 11) is 2.94. The highest BCUT2D eigenvalue weighted by atomic mass is 16.6. The number of pyridine rings is 1. The lowest BCUT2D eigenvalue weighted by Crippen LogP contribution is -2.45. The Kier molecular flexibility index (Phi) is 9.86. The van der Waals surface area contributed by atoms with Crippen LogP contribution in [0.3, 0.4) is 0 Å². The maximum Gasteiger partial charge on any atom is 0.328 e. The molecule has 1 aromatic heterocycles. The molecule has 0 bridgehead atoms. The van der Waals surface area contributed by atoms with Gasteiger partial charge in [-0.25, -0.2) is 9.78 Å². The fourth-order valence-electron chi connectivity index (χ4n) is 3.27. The second-order valence-corrected chi connectivity index (χ2v) is 8.12. The van der Waals surface area contributed by atoms with Gasteiger partial charge in [0.15, 0.2) is 11.4 Å². The molecule has 0 saturated carbocycles. The largest absolute Gasteiger partial charge is 0.497 e. The third-order valence-electron chi connectivity index (χ3n) is 5.00. The zero-order chi connectivity index (χ0) is 26.1. The Morgan fingerprint density at radius 2 is 1.54 bits per heavy atom. The summed E-state index contributed by atoms with van der Waals surface area (Å²) in [6, 6.07) is 7.50. The molecule has 3 atom stereocenters. The van der Waals surface area contributed by atoms with Crippen LogP contribution in [0.4, 0.5) is 0 Å². The zero-order valence-electron chi connectivity index (χ0n) is 21.0. The van der Waals surface area contributed by atoms with Crippen LogP contribution in [0.25, 0.3) is 0 Å². The van der Waals surface area contributed by atoms with Gasteiger partial charge in [-0.1, -0.05) is 13.8 Å². The topological polar surface area (TPSA) is 122 Å². The predicted octanol–water partition coefficient (Wildman–Crippen LogP) is 3.18. The van der Waals surface area contributed by atoms with Crippen LogP contribution in [0.5, 0.6) is 23.0 Å². The molecular formula is C25H32N2O8. The summed E-state index contributed by atoms with van der Waals surface area (Å²) in [6.07, 6.45) is 0.276. The van der Waals surface area contributed by atoms with Crippen molar-refractivity contribution in [2.75, 3.05) is 14.2 Å². The molecule has 10 nitrogen and oxygen atoms in total. The first-order valence-corrected chi connectivity index (χ1v) is 11.1. The third-order valence-corrected chi connectivity index (χ3v) is 5.00. The van der Waals surface area contributed by atoms with Crippen LogP contribution in [0.15, 0.2) is 36.5 Å². The molecule has 0 unspecified atom stereocenters. The van der Waals surface area contributed by atoms with E-state index in [2.05, 4.69) is 10.3 Å². The maximum atomic E-state index is 12.8. The molecular weight excluding hydrogens is 456 g/mol. The first-order valence-electron chi connectivity index (χ1n) is 11.1. The van der Waals surface area contributed by atoms with E-state index in [1.54, 1.807) is 38.3 Å². The van der Waals surface area contributed by atoms with E-state index in [1.807, 2.05) is 13.8 Å². The van der Waals surface area contributed by atoms with Crippen molar-refractivity contribution >= 4 is 17.8 Å². The van der Waals surface area contributed by atoms with E-state index in [1.165, 1.54) is 33.2 Å². The summed E-state index contributed by atoms with van der Waals surface area (Å²) in [5.41, 5.74) is -0.198. The lowest BCUT2D eigenvalue weighted by atomic mass is 10.0. The van der Waals surface area contributed by atoms with Crippen molar-refractivity contribution in [1.29, 1.82) is 0 Å². The Labute approximate surface area is 204 Å². The number of nitrogens with one attached hydrogen (secondary N) is 1. The average molecular weight is 489 g/mol. The average Bonchev–Trinajstić information content (AvgIpc) is 2.82. The predicted molar refractivity (Wildman–Crippen MR) is 127 cm³/mol. The van der Waals surface area contributed by atoms with Crippen LogP contribution in [0.2, 0.25) is 0 Å². The molecule has 2 aromatic rings. The molecule has 0 spiro atoms. The Balaban J connectivity index is 2.09. The van der Waals surface area contributed by atoms with Gasteiger partial charge in [0.1, 0.15) is 29.7 Å². The zero-order valence-corrected chi connectivity index (χ0v) is 21.0. The van der Waals surface area contributed by atoms with E-state index in [4.69, 9.17) is 23.7 Å². The second kappa shape index (κ2) is 12.6. The van der Waals surface area contributed by atoms with Crippen LogP contribution in [0, 0.1) is 5.92 Å². The first-order chi connectivity index (χ1) is 16.6. The van der Waals surface area contributed by atoms with Crippen LogP contribution in [-0.4, -0.2) is 55.3 Å². The number of carbonyl (C=O) groups excluding carboxylic acids is 3. The molecule has 0 fully saturated rings. The molecule has 2 rings (SSSR count). The van der Waals surface area contributed by atoms with Gasteiger partial charge in [-0.3, -0.25) is 9.59 Å². The first kappa shape index (κ1) is 27.4. The number of rotatable bonds is 11. The quantitative estimate of drug-likeness (QED) is 0.475. The molecule has 35 heavy (non-hydrogen) atoms. The van der Waals surface area contributed by atoms with Gasteiger partial charge in [0.2, 0.25) is 5.75 Å². The summed E-state index contributed by atoms with van der Waals surface area (Å²) in [6.45, 7) is 8.28. The smallest absolute Gasteiger partial charge is 0.328 e. The van der Waals surface area contributed by atoms with Gasteiger partial charge in [0.25, 0.3) is 5.91 Å². The van der Waals surface area contributed by atoms with Gasteiger partial charge >= 0.3 is 11.9 Å². The third kappa shape index (κ3) is 7.59. The fraction of sp³-hybridized carbons (Fsp3) is 0.440. The normalized spacial score (nSPS) is 13.3. The number of nitrogens with zero attached hydrogens (tertiary/aromatic N) is 1. The minimum atomic E-state index is -1.02. The van der Waals surface area contributed by atoms with Crippen molar-refractivity contribution < 1.29 is 38.1 Å². The fourth-order valence-corrected chi connectivity index (χ4v) is 3.27. The lowest BCUT2D eigenvalue weighted by Gasteiger charge is -2.29. The molecule has 0 aliphatic carbocycles. The van der Waals surface area contributed by atoms with E-state index in [-0.39, 0.29) is 23.1 Å². The van der Waals surface area contributed by atoms with E-state index in [9.17, 15) is 14.4 Å². The van der Waals surface area contributed by atoms with E-state index >= 15 is 0 Å². The summed E-state index contributed by atoms with van der Waals surface area (Å²) in [5.74, 6) is -0.782. The van der Waals surface area contributed by atoms with Gasteiger partial charge in [-0.15, -0.1) is 0 Å². The van der Waals surface area contributed by atoms with Gasteiger partial charge in [-0.2, -0.15) is 0 Å². The van der Waals surface area contributed by atoms with Gasteiger partial charge < -0.3 is 29.0 Å².